The lowest BCUT2D eigenvalue weighted by atomic mass is 10.0. The minimum Gasteiger partial charge on any atom is -0.476 e. The Balaban J connectivity index is 2.46. The van der Waals surface area contributed by atoms with Crippen molar-refractivity contribution in [2.24, 2.45) is 0 Å². The summed E-state index contributed by atoms with van der Waals surface area (Å²) >= 11 is 0. The third kappa shape index (κ3) is 1.82. The number of benzene rings is 1. The predicted octanol–water partition coefficient (Wildman–Crippen LogP) is 2.60. The van der Waals surface area contributed by atoms with Crippen LogP contribution in [0.1, 0.15) is 23.0 Å². The highest BCUT2D eigenvalue weighted by molar-refractivity contribution is 5.86. The maximum Gasteiger partial charge on any atom is 0.358 e. The Bertz CT molecular complexity index is 516. The highest BCUT2D eigenvalue weighted by atomic mass is 16.5. The molecule has 0 spiro atoms. The summed E-state index contributed by atoms with van der Waals surface area (Å²) in [5.41, 5.74) is 1.93. The average molecular weight is 217 g/mol. The molecular weight excluding hydrogens is 206 g/mol. The highest BCUT2D eigenvalue weighted by Gasteiger charge is 2.13. The van der Waals surface area contributed by atoms with Gasteiger partial charge < -0.3 is 9.63 Å². The van der Waals surface area contributed by atoms with Crippen molar-refractivity contribution in [3.63, 3.8) is 0 Å². The lowest BCUT2D eigenvalue weighted by Crippen LogP contribution is -1.94. The fraction of sp³-hybridized carbons (Fsp3) is 0.167. The molecule has 0 radical (unpaired) electrons. The van der Waals surface area contributed by atoms with Gasteiger partial charge in [0.15, 0.2) is 11.5 Å². The van der Waals surface area contributed by atoms with Crippen molar-refractivity contribution < 1.29 is 14.4 Å². The first kappa shape index (κ1) is 10.4. The Morgan fingerprint density at radius 2 is 2.19 bits per heavy atom. The molecule has 16 heavy (non-hydrogen) atoms. The maximum atomic E-state index is 10.7. The molecule has 0 aliphatic carbocycles. The van der Waals surface area contributed by atoms with Gasteiger partial charge in [0, 0.05) is 11.6 Å². The Hall–Kier alpha value is -2.10. The topological polar surface area (TPSA) is 63.3 Å². The van der Waals surface area contributed by atoms with Gasteiger partial charge >= 0.3 is 5.97 Å². The maximum absolute atomic E-state index is 10.7. The number of carboxylic acid groups (broad SMARTS) is 1. The van der Waals surface area contributed by atoms with Gasteiger partial charge in [0.05, 0.1) is 0 Å². The molecule has 0 unspecified atom stereocenters. The zero-order chi connectivity index (χ0) is 11.5. The molecule has 2 rings (SSSR count). The summed E-state index contributed by atoms with van der Waals surface area (Å²) in [7, 11) is 0. The minimum absolute atomic E-state index is 0.0686. The quantitative estimate of drug-likeness (QED) is 0.858. The summed E-state index contributed by atoms with van der Waals surface area (Å²) in [5, 5.41) is 12.2. The molecule has 82 valence electrons. The van der Waals surface area contributed by atoms with Crippen LogP contribution in [0.4, 0.5) is 0 Å². The monoisotopic (exact) mass is 217 g/mol. The van der Waals surface area contributed by atoms with Gasteiger partial charge in [-0.1, -0.05) is 36.3 Å². The van der Waals surface area contributed by atoms with Crippen molar-refractivity contribution in [1.82, 2.24) is 5.16 Å². The van der Waals surface area contributed by atoms with E-state index in [1.54, 1.807) is 0 Å². The Morgan fingerprint density at radius 3 is 2.81 bits per heavy atom. The molecule has 0 aliphatic rings. The third-order valence-electron chi connectivity index (χ3n) is 2.39. The van der Waals surface area contributed by atoms with Crippen LogP contribution in [0, 0.1) is 0 Å². The van der Waals surface area contributed by atoms with Gasteiger partial charge in [0.1, 0.15) is 0 Å². The van der Waals surface area contributed by atoms with Crippen LogP contribution in [0.15, 0.2) is 34.9 Å². The Kier molecular flexibility index (Phi) is 2.72. The number of rotatable bonds is 3. The summed E-state index contributed by atoms with van der Waals surface area (Å²) in [6, 6.07) is 9.15. The molecule has 1 aromatic carbocycles. The van der Waals surface area contributed by atoms with Gasteiger partial charge in [-0.25, -0.2) is 4.79 Å². The first-order valence-corrected chi connectivity index (χ1v) is 5.00. The van der Waals surface area contributed by atoms with E-state index in [2.05, 4.69) is 5.16 Å². The largest absolute Gasteiger partial charge is 0.476 e. The summed E-state index contributed by atoms with van der Waals surface area (Å²) in [6.07, 6.45) is 0.860. The molecule has 0 bridgehead atoms. The zero-order valence-electron chi connectivity index (χ0n) is 8.80. The Labute approximate surface area is 92.5 Å². The zero-order valence-corrected chi connectivity index (χ0v) is 8.80. The van der Waals surface area contributed by atoms with Gasteiger partial charge in [0.2, 0.25) is 0 Å². The number of nitrogens with zero attached hydrogens (tertiary/aromatic N) is 1. The van der Waals surface area contributed by atoms with Gasteiger partial charge in [0.25, 0.3) is 0 Å². The second-order valence-corrected chi connectivity index (χ2v) is 3.39. The summed E-state index contributed by atoms with van der Waals surface area (Å²) in [4.78, 5) is 10.7. The van der Waals surface area contributed by atoms with E-state index >= 15 is 0 Å². The summed E-state index contributed by atoms with van der Waals surface area (Å²) in [5.74, 6) is -0.584. The lowest BCUT2D eigenvalue weighted by molar-refractivity contribution is 0.0686. The molecule has 0 amide bonds. The van der Waals surface area contributed by atoms with E-state index < -0.39 is 5.97 Å². The van der Waals surface area contributed by atoms with E-state index in [1.807, 2.05) is 31.2 Å². The molecule has 0 aliphatic heterocycles. The van der Waals surface area contributed by atoms with Crippen molar-refractivity contribution in [2.45, 2.75) is 13.3 Å². The average Bonchev–Trinajstić information content (AvgIpc) is 2.78. The number of aromatic nitrogens is 1. The van der Waals surface area contributed by atoms with Crippen molar-refractivity contribution in [3.05, 3.63) is 41.6 Å². The number of carbonyl (C=O) groups is 1. The number of aryl methyl sites for hydroxylation is 1. The van der Waals surface area contributed by atoms with E-state index in [0.717, 1.165) is 17.5 Å². The molecule has 1 heterocycles. The highest BCUT2D eigenvalue weighted by Crippen LogP contribution is 2.24. The number of hydrogen-bond donors (Lipinski definition) is 1. The van der Waals surface area contributed by atoms with E-state index in [1.165, 1.54) is 6.07 Å². The molecule has 2 aromatic rings. The Morgan fingerprint density at radius 1 is 1.44 bits per heavy atom. The van der Waals surface area contributed by atoms with Gasteiger partial charge in [-0.2, -0.15) is 0 Å². The molecule has 0 saturated heterocycles. The van der Waals surface area contributed by atoms with E-state index in [4.69, 9.17) is 9.63 Å². The van der Waals surface area contributed by atoms with E-state index in [-0.39, 0.29) is 5.69 Å². The van der Waals surface area contributed by atoms with Crippen LogP contribution in [-0.4, -0.2) is 16.2 Å². The standard InChI is InChI=1S/C12H11NO3/c1-2-8-5-3-4-6-9(8)11-7-10(12(14)15)13-16-11/h3-7H,2H2,1H3,(H,14,15). The van der Waals surface area contributed by atoms with Gasteiger partial charge in [-0.3, -0.25) is 0 Å². The van der Waals surface area contributed by atoms with Crippen LogP contribution < -0.4 is 0 Å². The van der Waals surface area contributed by atoms with E-state index in [0.29, 0.717) is 5.76 Å². The van der Waals surface area contributed by atoms with E-state index in [9.17, 15) is 4.79 Å². The first-order chi connectivity index (χ1) is 7.72. The minimum atomic E-state index is -1.08. The lowest BCUT2D eigenvalue weighted by Gasteiger charge is -2.02. The van der Waals surface area contributed by atoms with Crippen LogP contribution in [0.2, 0.25) is 0 Å². The first-order valence-electron chi connectivity index (χ1n) is 5.00. The molecule has 1 aromatic heterocycles. The van der Waals surface area contributed by atoms with Crippen LogP contribution in [0.5, 0.6) is 0 Å². The summed E-state index contributed by atoms with van der Waals surface area (Å²) < 4.78 is 5.02. The van der Waals surface area contributed by atoms with Crippen LogP contribution in [-0.2, 0) is 6.42 Å². The number of carboxylic acids is 1. The van der Waals surface area contributed by atoms with Crippen LogP contribution >= 0.6 is 0 Å². The fourth-order valence-electron chi connectivity index (χ4n) is 1.57. The van der Waals surface area contributed by atoms with Crippen molar-refractivity contribution >= 4 is 5.97 Å². The third-order valence-corrected chi connectivity index (χ3v) is 2.39. The smallest absolute Gasteiger partial charge is 0.358 e. The molecule has 0 atom stereocenters. The molecule has 4 nitrogen and oxygen atoms in total. The van der Waals surface area contributed by atoms with Crippen LogP contribution in [0.25, 0.3) is 11.3 Å². The van der Waals surface area contributed by atoms with Crippen LogP contribution in [0.3, 0.4) is 0 Å². The second kappa shape index (κ2) is 4.18. The molecule has 0 fully saturated rings. The normalized spacial score (nSPS) is 10.3. The van der Waals surface area contributed by atoms with Crippen molar-refractivity contribution in [3.8, 4) is 11.3 Å². The number of aromatic carboxylic acids is 1. The summed E-state index contributed by atoms with van der Waals surface area (Å²) in [6.45, 7) is 2.04. The van der Waals surface area contributed by atoms with Gasteiger partial charge in [-0.05, 0) is 12.0 Å². The molecule has 0 saturated carbocycles. The SMILES string of the molecule is CCc1ccccc1-c1cc(C(=O)O)no1. The van der Waals surface area contributed by atoms with Crippen molar-refractivity contribution in [2.75, 3.05) is 0 Å². The molecule has 1 N–H and O–H groups in total. The van der Waals surface area contributed by atoms with Crippen molar-refractivity contribution in [1.29, 1.82) is 0 Å². The molecular formula is C12H11NO3. The second-order valence-electron chi connectivity index (χ2n) is 3.39. The molecule has 4 heteroatoms. The predicted molar refractivity (Wildman–Crippen MR) is 58.3 cm³/mol. The van der Waals surface area contributed by atoms with Gasteiger partial charge in [-0.15, -0.1) is 0 Å². The fourth-order valence-corrected chi connectivity index (χ4v) is 1.57. The number of hydrogen-bond acceptors (Lipinski definition) is 3.